The van der Waals surface area contributed by atoms with Crippen LogP contribution >= 0.6 is 0 Å². The lowest BCUT2D eigenvalue weighted by Crippen LogP contribution is -2.48. The van der Waals surface area contributed by atoms with E-state index in [1.807, 2.05) is 26.8 Å². The third-order valence-electron chi connectivity index (χ3n) is 5.18. The van der Waals surface area contributed by atoms with Crippen molar-refractivity contribution in [3.8, 4) is 0 Å². The first-order valence-corrected chi connectivity index (χ1v) is 8.45. The fourth-order valence-corrected chi connectivity index (χ4v) is 4.03. The molecule has 0 spiro atoms. The van der Waals surface area contributed by atoms with Crippen LogP contribution in [0.1, 0.15) is 35.3 Å². The maximum Gasteiger partial charge on any atom is 0.300 e. The van der Waals surface area contributed by atoms with Crippen molar-refractivity contribution in [2.24, 2.45) is 0 Å². The zero-order chi connectivity index (χ0) is 17.1. The molecule has 3 aliphatic rings. The standard InChI is InChI=1S/C19H22N2O3/c1-12-4-5-14-13(11-20-6-8-24-9-7-20)10-19(2,3)21-16(14)15(12)17(22)18(21)23/h4-5,10H,6-9,11H2,1-3H3. The lowest BCUT2D eigenvalue weighted by Gasteiger charge is -2.40. The van der Waals surface area contributed by atoms with E-state index < -0.39 is 11.4 Å². The maximum absolute atomic E-state index is 12.6. The molecule has 0 saturated carbocycles. The second-order valence-electron chi connectivity index (χ2n) is 7.34. The minimum absolute atomic E-state index is 0.376. The second-order valence-corrected chi connectivity index (χ2v) is 7.34. The van der Waals surface area contributed by atoms with E-state index in [2.05, 4.69) is 17.0 Å². The van der Waals surface area contributed by atoms with Crippen LogP contribution in [0.5, 0.6) is 0 Å². The largest absolute Gasteiger partial charge is 0.379 e. The van der Waals surface area contributed by atoms with E-state index in [1.165, 1.54) is 5.57 Å². The number of Topliss-reactive ketones (excluding diaryl/α,β-unsaturated/α-hetero) is 1. The predicted octanol–water partition coefficient (Wildman–Crippen LogP) is 2.03. The van der Waals surface area contributed by atoms with Crippen LogP contribution in [-0.4, -0.2) is 55.0 Å². The number of morpholine rings is 1. The number of nitrogens with zero attached hydrogens (tertiary/aromatic N) is 2. The van der Waals surface area contributed by atoms with Crippen molar-refractivity contribution in [3.63, 3.8) is 0 Å². The van der Waals surface area contributed by atoms with Crippen molar-refractivity contribution in [2.45, 2.75) is 26.3 Å². The minimum Gasteiger partial charge on any atom is -0.379 e. The molecule has 0 radical (unpaired) electrons. The first kappa shape index (κ1) is 15.5. The first-order chi connectivity index (χ1) is 11.4. The highest BCUT2D eigenvalue weighted by atomic mass is 16.5. The van der Waals surface area contributed by atoms with Gasteiger partial charge in [0, 0.05) is 25.2 Å². The van der Waals surface area contributed by atoms with Gasteiger partial charge in [-0.1, -0.05) is 18.2 Å². The SMILES string of the molecule is Cc1ccc2c3c1C(=O)C(=O)N3C(C)(C)C=C2CN1CCOCC1. The average Bonchev–Trinajstić information content (AvgIpc) is 2.81. The Morgan fingerprint density at radius 2 is 1.88 bits per heavy atom. The summed E-state index contributed by atoms with van der Waals surface area (Å²) in [5.74, 6) is -0.786. The lowest BCUT2D eigenvalue weighted by molar-refractivity contribution is -0.115. The number of carbonyl (C=O) groups excluding carboxylic acids is 2. The van der Waals surface area contributed by atoms with Crippen molar-refractivity contribution in [3.05, 3.63) is 34.9 Å². The van der Waals surface area contributed by atoms with Gasteiger partial charge in [-0.05, 0) is 31.9 Å². The summed E-state index contributed by atoms with van der Waals surface area (Å²) in [6.45, 7) is 10.0. The number of anilines is 1. The number of hydrogen-bond donors (Lipinski definition) is 0. The number of aryl methyl sites for hydroxylation is 1. The highest BCUT2D eigenvalue weighted by Crippen LogP contribution is 2.46. The third kappa shape index (κ3) is 2.15. The zero-order valence-corrected chi connectivity index (χ0v) is 14.4. The number of amides is 1. The van der Waals surface area contributed by atoms with Crippen molar-refractivity contribution in [1.29, 1.82) is 0 Å². The molecule has 0 unspecified atom stereocenters. The van der Waals surface area contributed by atoms with Gasteiger partial charge < -0.3 is 4.74 Å². The molecular formula is C19H22N2O3. The summed E-state index contributed by atoms with van der Waals surface area (Å²) in [7, 11) is 0. The fourth-order valence-electron chi connectivity index (χ4n) is 4.03. The van der Waals surface area contributed by atoms with E-state index in [4.69, 9.17) is 4.74 Å². The lowest BCUT2D eigenvalue weighted by atomic mass is 9.87. The molecule has 1 aromatic carbocycles. The first-order valence-electron chi connectivity index (χ1n) is 8.45. The van der Waals surface area contributed by atoms with E-state index >= 15 is 0 Å². The van der Waals surface area contributed by atoms with Gasteiger partial charge in [0.1, 0.15) is 0 Å². The fraction of sp³-hybridized carbons (Fsp3) is 0.474. The van der Waals surface area contributed by atoms with Gasteiger partial charge in [0.05, 0.1) is 30.0 Å². The Bertz CT molecular complexity index is 773. The molecule has 126 valence electrons. The van der Waals surface area contributed by atoms with E-state index in [0.29, 0.717) is 5.56 Å². The van der Waals surface area contributed by atoms with Crippen molar-refractivity contribution in [2.75, 3.05) is 37.7 Å². The Morgan fingerprint density at radius 3 is 2.58 bits per heavy atom. The molecule has 0 aromatic heterocycles. The van der Waals surface area contributed by atoms with E-state index in [1.54, 1.807) is 4.90 Å². The number of ketones is 1. The zero-order valence-electron chi connectivity index (χ0n) is 14.4. The Labute approximate surface area is 141 Å². The van der Waals surface area contributed by atoms with Crippen LogP contribution in [0.3, 0.4) is 0 Å². The summed E-state index contributed by atoms with van der Waals surface area (Å²) < 4.78 is 5.43. The van der Waals surface area contributed by atoms with Crippen molar-refractivity contribution in [1.82, 2.24) is 4.90 Å². The van der Waals surface area contributed by atoms with Crippen LogP contribution in [0.25, 0.3) is 5.57 Å². The molecule has 1 saturated heterocycles. The molecule has 1 fully saturated rings. The van der Waals surface area contributed by atoms with Crippen LogP contribution in [-0.2, 0) is 9.53 Å². The molecule has 0 N–H and O–H groups in total. The maximum atomic E-state index is 12.6. The molecule has 0 bridgehead atoms. The average molecular weight is 326 g/mol. The number of benzene rings is 1. The summed E-state index contributed by atoms with van der Waals surface area (Å²) >= 11 is 0. The normalized spacial score (nSPS) is 22.6. The molecule has 5 nitrogen and oxygen atoms in total. The number of hydrogen-bond acceptors (Lipinski definition) is 4. The Balaban J connectivity index is 1.83. The molecule has 0 aliphatic carbocycles. The van der Waals surface area contributed by atoms with Crippen LogP contribution in [0.15, 0.2) is 18.2 Å². The Morgan fingerprint density at radius 1 is 1.17 bits per heavy atom. The van der Waals surface area contributed by atoms with Gasteiger partial charge in [-0.2, -0.15) is 0 Å². The molecule has 1 aromatic rings. The number of rotatable bonds is 2. The highest BCUT2D eigenvalue weighted by molar-refractivity contribution is 6.53. The Hall–Kier alpha value is -1.98. The van der Waals surface area contributed by atoms with Crippen LogP contribution < -0.4 is 4.90 Å². The number of carbonyl (C=O) groups is 2. The van der Waals surface area contributed by atoms with E-state index in [9.17, 15) is 9.59 Å². The molecule has 3 heterocycles. The van der Waals surface area contributed by atoms with Gasteiger partial charge in [-0.3, -0.25) is 19.4 Å². The predicted molar refractivity (Wildman–Crippen MR) is 92.3 cm³/mol. The summed E-state index contributed by atoms with van der Waals surface area (Å²) in [4.78, 5) is 29.1. The van der Waals surface area contributed by atoms with Gasteiger partial charge in [0.25, 0.3) is 11.7 Å². The monoisotopic (exact) mass is 326 g/mol. The van der Waals surface area contributed by atoms with Crippen LogP contribution in [0, 0.1) is 6.92 Å². The second kappa shape index (κ2) is 5.26. The van der Waals surface area contributed by atoms with Gasteiger partial charge in [0.2, 0.25) is 0 Å². The summed E-state index contributed by atoms with van der Waals surface area (Å²) in [5.41, 5.74) is 3.97. The number of ether oxygens (including phenoxy) is 1. The molecule has 5 heteroatoms. The summed E-state index contributed by atoms with van der Waals surface area (Å²) in [5, 5.41) is 0. The summed E-state index contributed by atoms with van der Waals surface area (Å²) in [6.07, 6.45) is 2.14. The van der Waals surface area contributed by atoms with E-state index in [-0.39, 0.29) is 5.78 Å². The highest BCUT2D eigenvalue weighted by Gasteiger charge is 2.47. The summed E-state index contributed by atoms with van der Waals surface area (Å²) in [6, 6.07) is 4.00. The molecule has 3 aliphatic heterocycles. The Kier molecular flexibility index (Phi) is 3.41. The third-order valence-corrected chi connectivity index (χ3v) is 5.18. The minimum atomic E-state index is -0.500. The van der Waals surface area contributed by atoms with Gasteiger partial charge in [-0.15, -0.1) is 0 Å². The molecule has 1 amide bonds. The van der Waals surface area contributed by atoms with Crippen LogP contribution in [0.4, 0.5) is 5.69 Å². The molecule has 4 rings (SSSR count). The van der Waals surface area contributed by atoms with Gasteiger partial charge in [0.15, 0.2) is 0 Å². The molecule has 24 heavy (non-hydrogen) atoms. The topological polar surface area (TPSA) is 49.9 Å². The van der Waals surface area contributed by atoms with Crippen LogP contribution in [0.2, 0.25) is 0 Å². The quantitative estimate of drug-likeness (QED) is 0.781. The van der Waals surface area contributed by atoms with Crippen molar-refractivity contribution >= 4 is 23.0 Å². The molecule has 0 atom stereocenters. The smallest absolute Gasteiger partial charge is 0.300 e. The van der Waals surface area contributed by atoms with Gasteiger partial charge in [-0.25, -0.2) is 0 Å². The van der Waals surface area contributed by atoms with E-state index in [0.717, 1.165) is 49.7 Å². The molecular weight excluding hydrogens is 304 g/mol. The van der Waals surface area contributed by atoms with Crippen molar-refractivity contribution < 1.29 is 14.3 Å². The van der Waals surface area contributed by atoms with Gasteiger partial charge >= 0.3 is 0 Å².